The molecule has 0 aromatic rings. The van der Waals surface area contributed by atoms with Crippen LogP contribution in [0.25, 0.3) is 0 Å². The zero-order chi connectivity index (χ0) is 8.48. The molecular formula is C7H8Cl2FN. The van der Waals surface area contributed by atoms with E-state index in [9.17, 15) is 4.39 Å². The predicted molar refractivity (Wildman–Crippen MR) is 45.6 cm³/mol. The van der Waals surface area contributed by atoms with Gasteiger partial charge in [0.05, 0.1) is 0 Å². The quantitative estimate of drug-likeness (QED) is 0.637. The molecule has 11 heavy (non-hydrogen) atoms. The molecule has 2 N–H and O–H groups in total. The maximum absolute atomic E-state index is 13.0. The van der Waals surface area contributed by atoms with Crippen molar-refractivity contribution in [1.82, 2.24) is 0 Å². The molecular weight excluding hydrogens is 188 g/mol. The number of halogens is 3. The Morgan fingerprint density at radius 3 is 2.82 bits per heavy atom. The fourth-order valence-electron chi connectivity index (χ4n) is 0.801. The Kier molecular flexibility index (Phi) is 2.58. The summed E-state index contributed by atoms with van der Waals surface area (Å²) in [7, 11) is 0. The monoisotopic (exact) mass is 195 g/mol. The van der Waals surface area contributed by atoms with E-state index in [0.717, 1.165) is 5.57 Å². The van der Waals surface area contributed by atoms with Crippen LogP contribution in [0.5, 0.6) is 0 Å². The molecule has 1 aliphatic rings. The summed E-state index contributed by atoms with van der Waals surface area (Å²) in [6.07, 6.45) is 4.29. The lowest BCUT2D eigenvalue weighted by atomic mass is 10.1. The Morgan fingerprint density at radius 1 is 1.73 bits per heavy atom. The first-order valence-corrected chi connectivity index (χ1v) is 3.99. The molecule has 0 saturated heterocycles. The summed E-state index contributed by atoms with van der Waals surface area (Å²) in [5, 5.41) is -2.78. The fourth-order valence-corrected chi connectivity index (χ4v) is 1.16. The summed E-state index contributed by atoms with van der Waals surface area (Å²) in [6, 6.07) is 0. The highest BCUT2D eigenvalue weighted by atomic mass is 35.5. The Hall–Kier alpha value is -0.0500. The van der Waals surface area contributed by atoms with E-state index >= 15 is 0 Å². The van der Waals surface area contributed by atoms with Crippen LogP contribution in [0.3, 0.4) is 0 Å². The largest absolute Gasteiger partial charge is 0.327 e. The third-order valence-corrected chi connectivity index (χ3v) is 2.40. The molecule has 1 rings (SSSR count). The van der Waals surface area contributed by atoms with Crippen LogP contribution < -0.4 is 5.73 Å². The maximum atomic E-state index is 13.0. The van der Waals surface area contributed by atoms with Gasteiger partial charge in [0.1, 0.15) is 5.38 Å². The number of nitrogens with two attached hydrogens (primary N) is 1. The van der Waals surface area contributed by atoms with Gasteiger partial charge in [-0.15, -0.1) is 11.6 Å². The van der Waals surface area contributed by atoms with Crippen LogP contribution in [0, 0.1) is 0 Å². The highest BCUT2D eigenvalue weighted by Gasteiger charge is 2.33. The summed E-state index contributed by atoms with van der Waals surface area (Å²) in [5.41, 5.74) is 6.11. The van der Waals surface area contributed by atoms with Gasteiger partial charge in [0.15, 0.2) is 0 Å². The third kappa shape index (κ3) is 1.95. The van der Waals surface area contributed by atoms with Gasteiger partial charge in [-0.2, -0.15) is 0 Å². The molecule has 0 radical (unpaired) electrons. The minimum absolute atomic E-state index is 0.354. The van der Waals surface area contributed by atoms with Crippen molar-refractivity contribution in [3.05, 3.63) is 23.8 Å². The Labute approximate surface area is 74.7 Å². The van der Waals surface area contributed by atoms with Gasteiger partial charge in [0, 0.05) is 6.54 Å². The first-order chi connectivity index (χ1) is 5.06. The molecule has 0 aliphatic heterocycles. The molecule has 2 atom stereocenters. The van der Waals surface area contributed by atoms with Crippen LogP contribution in [0.15, 0.2) is 23.8 Å². The molecule has 0 saturated carbocycles. The topological polar surface area (TPSA) is 26.0 Å². The zero-order valence-corrected chi connectivity index (χ0v) is 7.24. The van der Waals surface area contributed by atoms with Crippen LogP contribution in [-0.4, -0.2) is 17.0 Å². The van der Waals surface area contributed by atoms with Crippen LogP contribution in [0.1, 0.15) is 0 Å². The van der Waals surface area contributed by atoms with Crippen molar-refractivity contribution in [2.45, 2.75) is 10.5 Å². The lowest BCUT2D eigenvalue weighted by Crippen LogP contribution is -2.27. The molecule has 0 amide bonds. The maximum Gasteiger partial charge on any atom is 0.221 e. The van der Waals surface area contributed by atoms with Crippen molar-refractivity contribution in [2.75, 3.05) is 6.54 Å². The van der Waals surface area contributed by atoms with Gasteiger partial charge in [0.2, 0.25) is 5.13 Å². The summed E-state index contributed by atoms with van der Waals surface area (Å²) < 4.78 is 13.0. The first-order valence-electron chi connectivity index (χ1n) is 3.18. The number of allylic oxidation sites excluding steroid dienone is 2. The van der Waals surface area contributed by atoms with E-state index in [1.54, 1.807) is 6.08 Å². The highest BCUT2D eigenvalue weighted by molar-refractivity contribution is 6.33. The average Bonchev–Trinajstić information content (AvgIpc) is 1.95. The highest BCUT2D eigenvalue weighted by Crippen LogP contribution is 2.32. The summed E-state index contributed by atoms with van der Waals surface area (Å²) in [6.45, 7) is 0.354. The second-order valence-electron chi connectivity index (χ2n) is 2.36. The Bertz CT molecular complexity index is 210. The summed E-state index contributed by atoms with van der Waals surface area (Å²) in [5.74, 6) is 0. The molecule has 0 bridgehead atoms. The number of hydrogen-bond donors (Lipinski definition) is 1. The second kappa shape index (κ2) is 3.13. The molecule has 0 aromatic carbocycles. The van der Waals surface area contributed by atoms with Crippen molar-refractivity contribution in [2.24, 2.45) is 5.73 Å². The molecule has 0 heterocycles. The SMILES string of the molecule is NCC1=CC(Cl)C(F)(Cl)C=C1. The Morgan fingerprint density at radius 2 is 2.36 bits per heavy atom. The van der Waals surface area contributed by atoms with Crippen molar-refractivity contribution in [3.63, 3.8) is 0 Å². The van der Waals surface area contributed by atoms with Gasteiger partial charge in [-0.3, -0.25) is 0 Å². The van der Waals surface area contributed by atoms with Crippen molar-refractivity contribution in [3.8, 4) is 0 Å². The van der Waals surface area contributed by atoms with Gasteiger partial charge in [-0.25, -0.2) is 4.39 Å². The number of rotatable bonds is 1. The molecule has 0 fully saturated rings. The molecule has 62 valence electrons. The summed E-state index contributed by atoms with van der Waals surface area (Å²) in [4.78, 5) is 0. The molecule has 4 heteroatoms. The van der Waals surface area contributed by atoms with Gasteiger partial charge in [-0.05, 0) is 11.6 Å². The standard InChI is InChI=1S/C7H8Cl2FN/c8-6-3-5(4-11)1-2-7(6,9)10/h1-3,6H,4,11H2. The van der Waals surface area contributed by atoms with E-state index in [2.05, 4.69) is 0 Å². The first kappa shape index (κ1) is 9.04. The van der Waals surface area contributed by atoms with Crippen molar-refractivity contribution >= 4 is 23.2 Å². The van der Waals surface area contributed by atoms with E-state index in [-0.39, 0.29) is 0 Å². The average molecular weight is 196 g/mol. The van der Waals surface area contributed by atoms with E-state index in [0.29, 0.717) is 6.54 Å². The second-order valence-corrected chi connectivity index (χ2v) is 3.40. The molecule has 0 aromatic heterocycles. The lowest BCUT2D eigenvalue weighted by molar-refractivity contribution is 0.351. The van der Waals surface area contributed by atoms with Gasteiger partial charge in [-0.1, -0.05) is 23.8 Å². The van der Waals surface area contributed by atoms with E-state index in [1.165, 1.54) is 12.2 Å². The smallest absolute Gasteiger partial charge is 0.221 e. The predicted octanol–water partition coefficient (Wildman–Crippen LogP) is 1.95. The third-order valence-electron chi connectivity index (χ3n) is 1.48. The van der Waals surface area contributed by atoms with Crippen LogP contribution in [0.4, 0.5) is 4.39 Å². The Balaban J connectivity index is 2.80. The number of alkyl halides is 3. The lowest BCUT2D eigenvalue weighted by Gasteiger charge is -2.21. The van der Waals surface area contributed by atoms with Gasteiger partial charge in [0.25, 0.3) is 0 Å². The molecule has 0 spiro atoms. The van der Waals surface area contributed by atoms with Crippen molar-refractivity contribution in [1.29, 1.82) is 0 Å². The summed E-state index contributed by atoms with van der Waals surface area (Å²) >= 11 is 11.0. The van der Waals surface area contributed by atoms with E-state index < -0.39 is 10.5 Å². The molecule has 1 aliphatic carbocycles. The van der Waals surface area contributed by atoms with Crippen LogP contribution >= 0.6 is 23.2 Å². The van der Waals surface area contributed by atoms with E-state index in [1.807, 2.05) is 0 Å². The zero-order valence-electron chi connectivity index (χ0n) is 5.73. The molecule has 1 nitrogen and oxygen atoms in total. The normalized spacial score (nSPS) is 37.1. The van der Waals surface area contributed by atoms with Gasteiger partial charge < -0.3 is 5.73 Å². The fraction of sp³-hybridized carbons (Fsp3) is 0.429. The van der Waals surface area contributed by atoms with Gasteiger partial charge >= 0.3 is 0 Å². The van der Waals surface area contributed by atoms with Crippen LogP contribution in [-0.2, 0) is 0 Å². The molecule has 2 unspecified atom stereocenters. The number of hydrogen-bond acceptors (Lipinski definition) is 1. The minimum atomic E-state index is -1.96. The minimum Gasteiger partial charge on any atom is -0.327 e. The van der Waals surface area contributed by atoms with Crippen molar-refractivity contribution < 1.29 is 4.39 Å². The van der Waals surface area contributed by atoms with Crippen LogP contribution in [0.2, 0.25) is 0 Å². The van der Waals surface area contributed by atoms with E-state index in [4.69, 9.17) is 28.9 Å².